The molecule has 0 aromatic rings. The van der Waals surface area contributed by atoms with Gasteiger partial charge in [-0.1, -0.05) is 263 Å². The number of hydrogen-bond acceptors (Lipinski definition) is 5. The molecule has 0 aliphatic heterocycles. The molecule has 62 heavy (non-hydrogen) atoms. The molecule has 0 aromatic carbocycles. The summed E-state index contributed by atoms with van der Waals surface area (Å²) in [5.41, 5.74) is 0. The van der Waals surface area contributed by atoms with Gasteiger partial charge in [-0.05, 0) is 51.4 Å². The molecule has 5 heteroatoms. The summed E-state index contributed by atoms with van der Waals surface area (Å²) in [6.07, 6.45) is 64.7. The van der Waals surface area contributed by atoms with E-state index in [1.54, 1.807) is 0 Å². The molecule has 0 fully saturated rings. The first-order valence-corrected chi connectivity index (χ1v) is 27.5. The fraction of sp³-hybridized carbons (Fsp3) is 0.860. The van der Waals surface area contributed by atoms with Crippen LogP contribution in [0.1, 0.15) is 290 Å². The van der Waals surface area contributed by atoms with Crippen LogP contribution < -0.4 is 0 Å². The molecule has 0 aromatic heterocycles. The molecule has 0 aliphatic rings. The maximum atomic E-state index is 12.6. The number of carbonyl (C=O) groups excluding carboxylic acids is 2. The van der Waals surface area contributed by atoms with Crippen molar-refractivity contribution in [1.82, 2.24) is 0 Å². The van der Waals surface area contributed by atoms with E-state index in [9.17, 15) is 9.59 Å². The quantitative estimate of drug-likeness (QED) is 0.0346. The fourth-order valence-electron chi connectivity index (χ4n) is 8.03. The lowest BCUT2D eigenvalue weighted by Gasteiger charge is -2.18. The summed E-state index contributed by atoms with van der Waals surface area (Å²) < 4.78 is 17.4. The zero-order chi connectivity index (χ0) is 44.9. The van der Waals surface area contributed by atoms with Gasteiger partial charge in [0.05, 0.1) is 0 Å². The lowest BCUT2D eigenvalue weighted by atomic mass is 10.0. The van der Waals surface area contributed by atoms with Crippen molar-refractivity contribution < 1.29 is 23.8 Å². The molecule has 0 saturated carbocycles. The number of unbranched alkanes of at least 4 members (excludes halogenated alkanes) is 34. The van der Waals surface area contributed by atoms with Gasteiger partial charge < -0.3 is 14.2 Å². The highest BCUT2D eigenvalue weighted by atomic mass is 16.6. The van der Waals surface area contributed by atoms with E-state index in [2.05, 4.69) is 57.2 Å². The molecule has 1 atom stereocenters. The lowest BCUT2D eigenvalue weighted by molar-refractivity contribution is -0.155. The minimum Gasteiger partial charge on any atom is -0.463 e. The summed E-state index contributed by atoms with van der Waals surface area (Å²) in [4.78, 5) is 25.2. The Hall–Kier alpha value is -1.88. The Morgan fingerprint density at radius 1 is 0.339 bits per heavy atom. The van der Waals surface area contributed by atoms with Gasteiger partial charge in [-0.15, -0.1) is 0 Å². The molecule has 0 saturated heterocycles. The standard InChI is InChI=1S/C57H106O5/c1-4-7-10-13-16-19-22-25-27-29-30-33-36-39-42-45-48-51-57(59)62-54-55(53-61-56(58)50-47-44-41-38-35-32-24-21-18-15-12-9-6-3)60-52-49-46-43-40-37-34-31-28-26-23-20-17-14-11-8-5-2/h25,27,30,33,39,42,55H,4-24,26,28-29,31-32,34-38,40-41,43-54H2,1-3H3/b27-25-,33-30-,42-39-/t55-/m0/s1. The summed E-state index contributed by atoms with van der Waals surface area (Å²) in [6, 6.07) is 0. The van der Waals surface area contributed by atoms with Crippen LogP contribution in [-0.4, -0.2) is 37.9 Å². The predicted molar refractivity (Wildman–Crippen MR) is 270 cm³/mol. The van der Waals surface area contributed by atoms with Crippen LogP contribution >= 0.6 is 0 Å². The first kappa shape index (κ1) is 60.1. The van der Waals surface area contributed by atoms with Gasteiger partial charge in [0.25, 0.3) is 0 Å². The van der Waals surface area contributed by atoms with Crippen molar-refractivity contribution in [3.63, 3.8) is 0 Å². The van der Waals surface area contributed by atoms with Gasteiger partial charge >= 0.3 is 11.9 Å². The molecule has 0 rings (SSSR count). The summed E-state index contributed by atoms with van der Waals surface area (Å²) in [5, 5.41) is 0. The topological polar surface area (TPSA) is 61.8 Å². The number of ether oxygens (including phenoxy) is 3. The molecule has 5 nitrogen and oxygen atoms in total. The summed E-state index contributed by atoms with van der Waals surface area (Å²) in [7, 11) is 0. The molecule has 0 N–H and O–H groups in total. The predicted octanol–water partition coefficient (Wildman–Crippen LogP) is 18.6. The summed E-state index contributed by atoms with van der Waals surface area (Å²) in [5.74, 6) is -0.377. The van der Waals surface area contributed by atoms with Crippen molar-refractivity contribution in [2.45, 2.75) is 297 Å². The second-order valence-corrected chi connectivity index (χ2v) is 18.5. The molecule has 0 spiro atoms. The van der Waals surface area contributed by atoms with Crippen LogP contribution in [0, 0.1) is 0 Å². The van der Waals surface area contributed by atoms with E-state index in [4.69, 9.17) is 14.2 Å². The number of allylic oxidation sites excluding steroid dienone is 6. The molecule has 0 radical (unpaired) electrons. The van der Waals surface area contributed by atoms with E-state index < -0.39 is 6.10 Å². The van der Waals surface area contributed by atoms with Crippen molar-refractivity contribution in [1.29, 1.82) is 0 Å². The molecule has 0 unspecified atom stereocenters. The third kappa shape index (κ3) is 50.8. The monoisotopic (exact) mass is 871 g/mol. The van der Waals surface area contributed by atoms with E-state index >= 15 is 0 Å². The van der Waals surface area contributed by atoms with Crippen LogP contribution in [0.2, 0.25) is 0 Å². The summed E-state index contributed by atoms with van der Waals surface area (Å²) >= 11 is 0. The van der Waals surface area contributed by atoms with Crippen molar-refractivity contribution in [3.8, 4) is 0 Å². The fourth-order valence-corrected chi connectivity index (χ4v) is 8.03. The van der Waals surface area contributed by atoms with Crippen LogP contribution in [0.5, 0.6) is 0 Å². The zero-order valence-electron chi connectivity index (χ0n) is 41.9. The van der Waals surface area contributed by atoms with Gasteiger partial charge in [0.2, 0.25) is 0 Å². The third-order valence-corrected chi connectivity index (χ3v) is 12.2. The van der Waals surface area contributed by atoms with Gasteiger partial charge in [0.15, 0.2) is 0 Å². The Bertz CT molecular complexity index is 986. The van der Waals surface area contributed by atoms with Crippen LogP contribution in [0.25, 0.3) is 0 Å². The first-order chi connectivity index (χ1) is 30.6. The van der Waals surface area contributed by atoms with Crippen LogP contribution in [0.3, 0.4) is 0 Å². The SMILES string of the molecule is CCCCCCCC/C=C\C/C=C\C/C=C\CCCC(=O)OC[C@H](COC(=O)CCCCCCCCCCCCCCC)OCCCCCCCCCCCCCCCCCC. The van der Waals surface area contributed by atoms with E-state index in [0.29, 0.717) is 19.4 Å². The minimum atomic E-state index is -0.414. The highest BCUT2D eigenvalue weighted by Crippen LogP contribution is 2.16. The third-order valence-electron chi connectivity index (χ3n) is 12.2. The molecular formula is C57H106O5. The van der Waals surface area contributed by atoms with E-state index in [0.717, 1.165) is 51.4 Å². The number of rotatable bonds is 51. The smallest absolute Gasteiger partial charge is 0.305 e. The summed E-state index contributed by atoms with van der Waals surface area (Å²) in [6.45, 7) is 7.72. The second-order valence-electron chi connectivity index (χ2n) is 18.5. The molecule has 0 heterocycles. The van der Waals surface area contributed by atoms with Crippen LogP contribution in [0.4, 0.5) is 0 Å². The Kier molecular flexibility index (Phi) is 51.8. The lowest BCUT2D eigenvalue weighted by Crippen LogP contribution is -2.29. The normalized spacial score (nSPS) is 12.4. The Balaban J connectivity index is 4.29. The maximum Gasteiger partial charge on any atom is 0.305 e. The highest BCUT2D eigenvalue weighted by molar-refractivity contribution is 5.69. The number of esters is 2. The first-order valence-electron chi connectivity index (χ1n) is 27.5. The largest absolute Gasteiger partial charge is 0.463 e. The Morgan fingerprint density at radius 3 is 1.02 bits per heavy atom. The van der Waals surface area contributed by atoms with Crippen molar-refractivity contribution in [2.75, 3.05) is 19.8 Å². The van der Waals surface area contributed by atoms with Gasteiger partial charge in [-0.3, -0.25) is 9.59 Å². The van der Waals surface area contributed by atoms with Crippen molar-refractivity contribution in [3.05, 3.63) is 36.5 Å². The molecular weight excluding hydrogens is 765 g/mol. The molecule has 0 aliphatic carbocycles. The van der Waals surface area contributed by atoms with Crippen LogP contribution in [-0.2, 0) is 23.8 Å². The van der Waals surface area contributed by atoms with Crippen LogP contribution in [0.15, 0.2) is 36.5 Å². The maximum absolute atomic E-state index is 12.6. The van der Waals surface area contributed by atoms with Gasteiger partial charge in [-0.25, -0.2) is 0 Å². The van der Waals surface area contributed by atoms with Gasteiger partial charge in [-0.2, -0.15) is 0 Å². The minimum absolute atomic E-state index is 0.137. The Morgan fingerprint density at radius 2 is 0.629 bits per heavy atom. The number of carbonyl (C=O) groups is 2. The number of hydrogen-bond donors (Lipinski definition) is 0. The van der Waals surface area contributed by atoms with E-state index in [-0.39, 0.29) is 25.2 Å². The van der Waals surface area contributed by atoms with Crippen molar-refractivity contribution >= 4 is 11.9 Å². The molecule has 0 amide bonds. The van der Waals surface area contributed by atoms with E-state index in [1.165, 1.54) is 205 Å². The average Bonchev–Trinajstić information content (AvgIpc) is 3.28. The zero-order valence-corrected chi connectivity index (χ0v) is 41.9. The Labute approximate surface area is 387 Å². The molecule has 0 bridgehead atoms. The van der Waals surface area contributed by atoms with E-state index in [1.807, 2.05) is 0 Å². The van der Waals surface area contributed by atoms with Gasteiger partial charge in [0, 0.05) is 19.4 Å². The average molecular weight is 871 g/mol. The second kappa shape index (κ2) is 53.5. The van der Waals surface area contributed by atoms with Gasteiger partial charge in [0.1, 0.15) is 19.3 Å². The molecule has 364 valence electrons. The highest BCUT2D eigenvalue weighted by Gasteiger charge is 2.16. The van der Waals surface area contributed by atoms with Crippen molar-refractivity contribution in [2.24, 2.45) is 0 Å².